The van der Waals surface area contributed by atoms with E-state index in [4.69, 9.17) is 22.2 Å². The first-order chi connectivity index (χ1) is 16.5. The Morgan fingerprint density at radius 2 is 1.88 bits per heavy atom. The summed E-state index contributed by atoms with van der Waals surface area (Å²) in [6.07, 6.45) is 4.82. The summed E-state index contributed by atoms with van der Waals surface area (Å²) >= 11 is 6.73. The number of thioether (sulfide) groups is 1. The van der Waals surface area contributed by atoms with Crippen LogP contribution in [0.1, 0.15) is 37.7 Å². The van der Waals surface area contributed by atoms with E-state index in [0.717, 1.165) is 29.8 Å². The highest BCUT2D eigenvalue weighted by atomic mass is 32.2. The summed E-state index contributed by atoms with van der Waals surface area (Å²) in [6, 6.07) is 19.0. The van der Waals surface area contributed by atoms with Gasteiger partial charge >= 0.3 is 0 Å². The SMILES string of the molecule is COc1ccc(/C=C2\SC(=S)N(CCCCCC(=O)N(CCC#N)c3ccccc3)C2=O)cc1. The number of carbonyl (C=O) groups is 2. The number of anilines is 1. The van der Waals surface area contributed by atoms with Crippen molar-refractivity contribution in [1.29, 1.82) is 5.26 Å². The van der Waals surface area contributed by atoms with Gasteiger partial charge in [0.25, 0.3) is 5.91 Å². The number of thiocarbonyl (C=S) groups is 1. The second-order valence-corrected chi connectivity index (χ2v) is 9.38. The third-order valence-electron chi connectivity index (χ3n) is 5.38. The van der Waals surface area contributed by atoms with Gasteiger partial charge in [0.15, 0.2) is 0 Å². The van der Waals surface area contributed by atoms with Crippen molar-refractivity contribution in [3.05, 3.63) is 65.1 Å². The highest BCUT2D eigenvalue weighted by molar-refractivity contribution is 8.26. The summed E-state index contributed by atoms with van der Waals surface area (Å²) < 4.78 is 5.73. The summed E-state index contributed by atoms with van der Waals surface area (Å²) in [4.78, 5) is 29.5. The van der Waals surface area contributed by atoms with Crippen LogP contribution in [-0.4, -0.2) is 41.2 Å². The molecule has 2 amide bonds. The molecule has 6 nitrogen and oxygen atoms in total. The number of methoxy groups -OCH3 is 1. The van der Waals surface area contributed by atoms with Gasteiger partial charge in [-0.25, -0.2) is 0 Å². The second kappa shape index (κ2) is 12.9. The Labute approximate surface area is 210 Å². The molecule has 0 aromatic heterocycles. The zero-order valence-corrected chi connectivity index (χ0v) is 20.7. The number of ether oxygens (including phenoxy) is 1. The van der Waals surface area contributed by atoms with Gasteiger partial charge in [0.2, 0.25) is 5.91 Å². The van der Waals surface area contributed by atoms with E-state index in [1.807, 2.05) is 60.7 Å². The maximum atomic E-state index is 12.8. The number of benzene rings is 2. The lowest BCUT2D eigenvalue weighted by molar-refractivity contribution is -0.122. The van der Waals surface area contributed by atoms with E-state index < -0.39 is 0 Å². The van der Waals surface area contributed by atoms with Crippen molar-refractivity contribution in [2.45, 2.75) is 32.1 Å². The number of rotatable bonds is 11. The third kappa shape index (κ3) is 6.92. The van der Waals surface area contributed by atoms with Gasteiger partial charge in [-0.05, 0) is 48.7 Å². The van der Waals surface area contributed by atoms with Crippen LogP contribution in [0.15, 0.2) is 59.5 Å². The Balaban J connectivity index is 1.47. The monoisotopic (exact) mass is 493 g/mol. The van der Waals surface area contributed by atoms with E-state index in [9.17, 15) is 9.59 Å². The first kappa shape index (κ1) is 25.5. The molecule has 1 heterocycles. The number of para-hydroxylation sites is 1. The minimum Gasteiger partial charge on any atom is -0.497 e. The fourth-order valence-electron chi connectivity index (χ4n) is 3.57. The highest BCUT2D eigenvalue weighted by Gasteiger charge is 2.31. The number of hydrogen-bond donors (Lipinski definition) is 0. The van der Waals surface area contributed by atoms with Crippen molar-refractivity contribution in [1.82, 2.24) is 4.90 Å². The number of nitrogens with zero attached hydrogens (tertiary/aromatic N) is 3. The maximum absolute atomic E-state index is 12.8. The molecule has 3 rings (SSSR count). The van der Waals surface area contributed by atoms with Crippen LogP contribution in [0.5, 0.6) is 5.75 Å². The summed E-state index contributed by atoms with van der Waals surface area (Å²) in [6.45, 7) is 0.923. The third-order valence-corrected chi connectivity index (χ3v) is 6.75. The molecule has 0 atom stereocenters. The van der Waals surface area contributed by atoms with Crippen molar-refractivity contribution in [2.24, 2.45) is 0 Å². The Bertz CT molecular complexity index is 1080. The highest BCUT2D eigenvalue weighted by Crippen LogP contribution is 2.33. The normalized spacial score (nSPS) is 14.4. The van der Waals surface area contributed by atoms with Gasteiger partial charge in [-0.1, -0.05) is 60.7 Å². The minimum atomic E-state index is -0.0753. The molecule has 1 aliphatic rings. The Morgan fingerprint density at radius 1 is 1.15 bits per heavy atom. The predicted octanol–water partition coefficient (Wildman–Crippen LogP) is 5.40. The summed E-state index contributed by atoms with van der Waals surface area (Å²) in [5.74, 6) is 0.697. The lowest BCUT2D eigenvalue weighted by Gasteiger charge is -2.22. The Kier molecular flexibility index (Phi) is 9.68. The van der Waals surface area contributed by atoms with E-state index in [1.54, 1.807) is 16.9 Å². The van der Waals surface area contributed by atoms with Gasteiger partial charge in [-0.2, -0.15) is 5.26 Å². The molecule has 1 saturated heterocycles. The van der Waals surface area contributed by atoms with Crippen molar-refractivity contribution >= 4 is 51.9 Å². The van der Waals surface area contributed by atoms with Crippen molar-refractivity contribution in [3.8, 4) is 11.8 Å². The van der Waals surface area contributed by atoms with Gasteiger partial charge in [0, 0.05) is 25.2 Å². The zero-order valence-electron chi connectivity index (χ0n) is 19.1. The molecule has 0 N–H and O–H groups in total. The standard InChI is InChI=1S/C26H27N3O3S2/c1-32-22-14-12-20(13-15-22)19-23-25(31)29(26(33)34-23)17-7-3-6-11-24(30)28(18-8-16-27)21-9-4-2-5-10-21/h2,4-5,9-10,12-15,19H,3,6-8,11,17-18H2,1H3/b23-19-. The predicted molar refractivity (Wildman–Crippen MR) is 140 cm³/mol. The van der Waals surface area contributed by atoms with Crippen LogP contribution in [0, 0.1) is 11.3 Å². The molecular weight excluding hydrogens is 466 g/mol. The van der Waals surface area contributed by atoms with Crippen LogP contribution in [-0.2, 0) is 9.59 Å². The van der Waals surface area contributed by atoms with Gasteiger partial charge in [0.1, 0.15) is 10.1 Å². The molecule has 34 heavy (non-hydrogen) atoms. The van der Waals surface area contributed by atoms with Gasteiger partial charge in [-0.3, -0.25) is 14.5 Å². The number of amides is 2. The van der Waals surface area contributed by atoms with Crippen LogP contribution < -0.4 is 9.64 Å². The van der Waals surface area contributed by atoms with E-state index in [0.29, 0.717) is 41.6 Å². The van der Waals surface area contributed by atoms with Gasteiger partial charge in [-0.15, -0.1) is 0 Å². The van der Waals surface area contributed by atoms with Crippen molar-refractivity contribution in [3.63, 3.8) is 0 Å². The molecule has 176 valence electrons. The second-order valence-electron chi connectivity index (χ2n) is 7.71. The smallest absolute Gasteiger partial charge is 0.266 e. The van der Waals surface area contributed by atoms with Crippen LogP contribution in [0.4, 0.5) is 5.69 Å². The number of hydrogen-bond acceptors (Lipinski definition) is 6. The minimum absolute atomic E-state index is 0.00878. The lowest BCUT2D eigenvalue weighted by Crippen LogP contribution is -2.31. The van der Waals surface area contributed by atoms with Crippen LogP contribution >= 0.6 is 24.0 Å². The van der Waals surface area contributed by atoms with E-state index >= 15 is 0 Å². The Hall–Kier alpha value is -3.15. The Morgan fingerprint density at radius 3 is 2.56 bits per heavy atom. The van der Waals surface area contributed by atoms with Gasteiger partial charge < -0.3 is 9.64 Å². The molecule has 1 fully saturated rings. The van der Waals surface area contributed by atoms with Crippen LogP contribution in [0.3, 0.4) is 0 Å². The largest absolute Gasteiger partial charge is 0.497 e. The summed E-state index contributed by atoms with van der Waals surface area (Å²) in [5, 5.41) is 8.92. The molecule has 0 spiro atoms. The fourth-order valence-corrected chi connectivity index (χ4v) is 4.88. The molecule has 0 radical (unpaired) electrons. The lowest BCUT2D eigenvalue weighted by atomic mass is 10.1. The molecule has 0 unspecified atom stereocenters. The first-order valence-electron chi connectivity index (χ1n) is 11.1. The fraction of sp³-hybridized carbons (Fsp3) is 0.308. The van der Waals surface area contributed by atoms with Crippen molar-refractivity contribution in [2.75, 3.05) is 25.1 Å². The maximum Gasteiger partial charge on any atom is 0.266 e. The summed E-state index contributed by atoms with van der Waals surface area (Å²) in [7, 11) is 1.62. The molecular formula is C26H27N3O3S2. The van der Waals surface area contributed by atoms with Crippen LogP contribution in [0.2, 0.25) is 0 Å². The van der Waals surface area contributed by atoms with E-state index in [2.05, 4.69) is 6.07 Å². The molecule has 1 aliphatic heterocycles. The zero-order chi connectivity index (χ0) is 24.3. The number of nitriles is 1. The summed E-state index contributed by atoms with van der Waals surface area (Å²) in [5.41, 5.74) is 1.73. The van der Waals surface area contributed by atoms with Crippen molar-refractivity contribution < 1.29 is 14.3 Å². The molecule has 0 bridgehead atoms. The molecule has 0 aliphatic carbocycles. The average molecular weight is 494 g/mol. The van der Waals surface area contributed by atoms with Gasteiger partial charge in [0.05, 0.1) is 24.5 Å². The molecule has 0 saturated carbocycles. The molecule has 2 aromatic rings. The first-order valence-corrected chi connectivity index (χ1v) is 12.4. The number of carbonyl (C=O) groups excluding carboxylic acids is 2. The number of unbranched alkanes of at least 4 members (excludes halogenated alkanes) is 2. The van der Waals surface area contributed by atoms with Crippen LogP contribution in [0.25, 0.3) is 6.08 Å². The van der Waals surface area contributed by atoms with E-state index in [1.165, 1.54) is 11.8 Å². The molecule has 2 aromatic carbocycles. The quantitative estimate of drug-likeness (QED) is 0.237. The molecule has 8 heteroatoms. The topological polar surface area (TPSA) is 73.6 Å². The average Bonchev–Trinajstić information content (AvgIpc) is 3.12. The van der Waals surface area contributed by atoms with E-state index in [-0.39, 0.29) is 11.8 Å².